The quantitative estimate of drug-likeness (QED) is 0.889. The summed E-state index contributed by atoms with van der Waals surface area (Å²) >= 11 is 5.08. The molecule has 14 heavy (non-hydrogen) atoms. The van der Waals surface area contributed by atoms with Gasteiger partial charge in [0.15, 0.2) is 0 Å². The fourth-order valence-electron chi connectivity index (χ4n) is 1.27. The Morgan fingerprint density at radius 3 is 2.43 bits per heavy atom. The molecule has 0 aliphatic carbocycles. The summed E-state index contributed by atoms with van der Waals surface area (Å²) in [5, 5.41) is 18.7. The van der Waals surface area contributed by atoms with Crippen LogP contribution < -0.4 is 0 Å². The topological polar surface area (TPSA) is 40.5 Å². The SMILES string of the molecule is CC(CC(O)C(C)O)c1ccc(Br)s1. The highest BCUT2D eigenvalue weighted by atomic mass is 79.9. The maximum atomic E-state index is 9.51. The van der Waals surface area contributed by atoms with Gasteiger partial charge in [0.05, 0.1) is 16.0 Å². The van der Waals surface area contributed by atoms with E-state index in [2.05, 4.69) is 22.9 Å². The van der Waals surface area contributed by atoms with Gasteiger partial charge in [-0.15, -0.1) is 11.3 Å². The molecule has 3 unspecified atom stereocenters. The molecule has 0 aliphatic heterocycles. The third-order valence-electron chi connectivity index (χ3n) is 2.23. The van der Waals surface area contributed by atoms with Crippen molar-refractivity contribution in [3.05, 3.63) is 20.8 Å². The Bertz CT molecular complexity index is 285. The van der Waals surface area contributed by atoms with Crippen LogP contribution in [0.3, 0.4) is 0 Å². The van der Waals surface area contributed by atoms with E-state index < -0.39 is 12.2 Å². The Kier molecular flexibility index (Phi) is 4.57. The zero-order valence-corrected chi connectivity index (χ0v) is 10.7. The zero-order valence-electron chi connectivity index (χ0n) is 8.27. The van der Waals surface area contributed by atoms with Crippen molar-refractivity contribution in [2.45, 2.75) is 38.4 Å². The normalized spacial score (nSPS) is 17.8. The van der Waals surface area contributed by atoms with Crippen LogP contribution in [0, 0.1) is 0 Å². The van der Waals surface area contributed by atoms with Crippen LogP contribution in [0.4, 0.5) is 0 Å². The molecule has 0 aromatic carbocycles. The molecule has 0 aliphatic rings. The lowest BCUT2D eigenvalue weighted by Crippen LogP contribution is -2.23. The Labute approximate surface area is 96.7 Å². The van der Waals surface area contributed by atoms with E-state index in [1.807, 2.05) is 12.1 Å². The first-order valence-electron chi connectivity index (χ1n) is 4.62. The smallest absolute Gasteiger partial charge is 0.0802 e. The Morgan fingerprint density at radius 1 is 1.36 bits per heavy atom. The van der Waals surface area contributed by atoms with Crippen LogP contribution in [0.25, 0.3) is 0 Å². The highest BCUT2D eigenvalue weighted by Gasteiger charge is 2.17. The number of hydrogen-bond donors (Lipinski definition) is 2. The minimum atomic E-state index is -0.652. The standard InChI is InChI=1S/C10H15BrO2S/c1-6(5-8(13)7(2)12)9-3-4-10(11)14-9/h3-4,6-8,12-13H,5H2,1-2H3. The maximum absolute atomic E-state index is 9.51. The van der Waals surface area contributed by atoms with Gasteiger partial charge in [-0.1, -0.05) is 6.92 Å². The van der Waals surface area contributed by atoms with Crippen LogP contribution >= 0.6 is 27.3 Å². The summed E-state index contributed by atoms with van der Waals surface area (Å²) in [4.78, 5) is 1.23. The van der Waals surface area contributed by atoms with Gasteiger partial charge in [-0.25, -0.2) is 0 Å². The van der Waals surface area contributed by atoms with Crippen molar-refractivity contribution in [2.75, 3.05) is 0 Å². The average molecular weight is 279 g/mol. The van der Waals surface area contributed by atoms with Crippen LogP contribution in [-0.4, -0.2) is 22.4 Å². The fraction of sp³-hybridized carbons (Fsp3) is 0.600. The summed E-state index contributed by atoms with van der Waals surface area (Å²) in [5.74, 6) is 0.288. The summed E-state index contributed by atoms with van der Waals surface area (Å²) in [6.45, 7) is 3.67. The van der Waals surface area contributed by atoms with E-state index in [1.54, 1.807) is 18.3 Å². The summed E-state index contributed by atoms with van der Waals surface area (Å²) in [6.07, 6.45) is -0.684. The molecular formula is C10H15BrO2S. The zero-order chi connectivity index (χ0) is 10.7. The van der Waals surface area contributed by atoms with Gasteiger partial charge in [0, 0.05) is 4.88 Å². The van der Waals surface area contributed by atoms with E-state index in [9.17, 15) is 5.11 Å². The number of aliphatic hydroxyl groups excluding tert-OH is 2. The second-order valence-corrected chi connectivity index (χ2v) is 6.08. The van der Waals surface area contributed by atoms with E-state index in [-0.39, 0.29) is 5.92 Å². The van der Waals surface area contributed by atoms with Gasteiger partial charge in [0.1, 0.15) is 0 Å². The predicted molar refractivity (Wildman–Crippen MR) is 62.7 cm³/mol. The van der Waals surface area contributed by atoms with Gasteiger partial charge in [-0.05, 0) is 47.3 Å². The van der Waals surface area contributed by atoms with Gasteiger partial charge in [-0.2, -0.15) is 0 Å². The van der Waals surface area contributed by atoms with E-state index in [0.717, 1.165) is 3.79 Å². The highest BCUT2D eigenvalue weighted by Crippen LogP contribution is 2.31. The molecule has 0 saturated heterocycles. The van der Waals surface area contributed by atoms with Crippen LogP contribution in [0.15, 0.2) is 15.9 Å². The van der Waals surface area contributed by atoms with Crippen molar-refractivity contribution in [3.8, 4) is 0 Å². The minimum absolute atomic E-state index is 0.288. The maximum Gasteiger partial charge on any atom is 0.0802 e. The Hall–Kier alpha value is 0.1000. The molecule has 80 valence electrons. The van der Waals surface area contributed by atoms with Crippen molar-refractivity contribution in [1.82, 2.24) is 0 Å². The molecule has 0 fully saturated rings. The van der Waals surface area contributed by atoms with Crippen molar-refractivity contribution in [2.24, 2.45) is 0 Å². The third kappa shape index (κ3) is 3.35. The largest absolute Gasteiger partial charge is 0.391 e. The predicted octanol–water partition coefficient (Wildman–Crippen LogP) is 2.75. The van der Waals surface area contributed by atoms with Crippen molar-refractivity contribution in [3.63, 3.8) is 0 Å². The van der Waals surface area contributed by atoms with Gasteiger partial charge >= 0.3 is 0 Å². The first kappa shape index (κ1) is 12.2. The number of rotatable bonds is 4. The first-order chi connectivity index (χ1) is 6.50. The Balaban J connectivity index is 2.54. The lowest BCUT2D eigenvalue weighted by Gasteiger charge is -2.17. The van der Waals surface area contributed by atoms with E-state index >= 15 is 0 Å². The molecular weight excluding hydrogens is 264 g/mol. The number of hydrogen-bond acceptors (Lipinski definition) is 3. The van der Waals surface area contributed by atoms with Gasteiger partial charge in [0.2, 0.25) is 0 Å². The highest BCUT2D eigenvalue weighted by molar-refractivity contribution is 9.11. The van der Waals surface area contributed by atoms with Crippen molar-refractivity contribution >= 4 is 27.3 Å². The molecule has 4 heteroatoms. The monoisotopic (exact) mass is 278 g/mol. The molecule has 0 amide bonds. The van der Waals surface area contributed by atoms with Gasteiger partial charge in [-0.3, -0.25) is 0 Å². The number of halogens is 1. The molecule has 2 N–H and O–H groups in total. The molecule has 0 saturated carbocycles. The lowest BCUT2D eigenvalue weighted by molar-refractivity contribution is 0.0229. The van der Waals surface area contributed by atoms with Crippen LogP contribution in [-0.2, 0) is 0 Å². The molecule has 1 aromatic heterocycles. The summed E-state index contributed by atoms with van der Waals surface area (Å²) in [6, 6.07) is 4.05. The second kappa shape index (κ2) is 5.26. The second-order valence-electron chi connectivity index (χ2n) is 3.59. The fourth-order valence-corrected chi connectivity index (χ4v) is 2.76. The van der Waals surface area contributed by atoms with Gasteiger partial charge in [0.25, 0.3) is 0 Å². The number of aliphatic hydroxyl groups is 2. The lowest BCUT2D eigenvalue weighted by atomic mass is 9.99. The molecule has 1 rings (SSSR count). The van der Waals surface area contributed by atoms with Crippen molar-refractivity contribution in [1.29, 1.82) is 0 Å². The molecule has 1 heterocycles. The molecule has 2 nitrogen and oxygen atoms in total. The van der Waals surface area contributed by atoms with E-state index in [1.165, 1.54) is 4.88 Å². The Morgan fingerprint density at radius 2 is 2.00 bits per heavy atom. The van der Waals surface area contributed by atoms with Crippen LogP contribution in [0.5, 0.6) is 0 Å². The summed E-state index contributed by atoms with van der Waals surface area (Å²) in [7, 11) is 0. The molecule has 1 aromatic rings. The van der Waals surface area contributed by atoms with Crippen LogP contribution in [0.2, 0.25) is 0 Å². The average Bonchev–Trinajstić information content (AvgIpc) is 2.51. The first-order valence-corrected chi connectivity index (χ1v) is 6.23. The molecule has 0 spiro atoms. The summed E-state index contributed by atoms with van der Waals surface area (Å²) < 4.78 is 1.10. The van der Waals surface area contributed by atoms with Crippen molar-refractivity contribution < 1.29 is 10.2 Å². The third-order valence-corrected chi connectivity index (χ3v) is 4.09. The minimum Gasteiger partial charge on any atom is -0.391 e. The number of thiophene rings is 1. The molecule has 3 atom stereocenters. The molecule has 0 radical (unpaired) electrons. The van der Waals surface area contributed by atoms with E-state index in [4.69, 9.17) is 5.11 Å². The van der Waals surface area contributed by atoms with E-state index in [0.29, 0.717) is 6.42 Å². The molecule has 0 bridgehead atoms. The van der Waals surface area contributed by atoms with Gasteiger partial charge < -0.3 is 10.2 Å². The summed E-state index contributed by atoms with van der Waals surface area (Å²) in [5.41, 5.74) is 0. The van der Waals surface area contributed by atoms with Crippen LogP contribution in [0.1, 0.15) is 31.1 Å².